The van der Waals surface area contributed by atoms with Crippen LogP contribution in [-0.4, -0.2) is 48.9 Å². The van der Waals surface area contributed by atoms with E-state index in [9.17, 15) is 4.79 Å². The molecule has 0 aromatic heterocycles. The second kappa shape index (κ2) is 6.27. The molecule has 0 rings (SSSR count). The summed E-state index contributed by atoms with van der Waals surface area (Å²) >= 11 is 0. The van der Waals surface area contributed by atoms with Crippen molar-refractivity contribution in [2.75, 3.05) is 27.2 Å². The molecule has 0 aromatic carbocycles. The zero-order valence-electron chi connectivity index (χ0n) is 10.1. The molecule has 2 amide bonds. The van der Waals surface area contributed by atoms with E-state index in [0.29, 0.717) is 25.4 Å². The van der Waals surface area contributed by atoms with Crippen LogP contribution in [0.3, 0.4) is 0 Å². The SMILES string of the molecule is CC(C)CN(CCC(=N)N)C(=O)N(C)C. The smallest absolute Gasteiger partial charge is 0.319 e. The molecule has 0 spiro atoms. The van der Waals surface area contributed by atoms with Crippen LogP contribution < -0.4 is 5.73 Å². The van der Waals surface area contributed by atoms with E-state index < -0.39 is 0 Å². The second-order valence-electron chi connectivity index (χ2n) is 4.29. The van der Waals surface area contributed by atoms with Crippen molar-refractivity contribution in [3.05, 3.63) is 0 Å². The van der Waals surface area contributed by atoms with Crippen LogP contribution in [-0.2, 0) is 0 Å². The van der Waals surface area contributed by atoms with E-state index in [0.717, 1.165) is 0 Å². The predicted molar refractivity (Wildman–Crippen MR) is 62.0 cm³/mol. The van der Waals surface area contributed by atoms with Crippen molar-refractivity contribution in [1.29, 1.82) is 5.41 Å². The van der Waals surface area contributed by atoms with E-state index in [4.69, 9.17) is 11.1 Å². The van der Waals surface area contributed by atoms with Crippen molar-refractivity contribution in [1.82, 2.24) is 9.80 Å². The Hall–Kier alpha value is -1.26. The molecule has 5 nitrogen and oxygen atoms in total. The maximum Gasteiger partial charge on any atom is 0.319 e. The quantitative estimate of drug-likeness (QED) is 0.528. The summed E-state index contributed by atoms with van der Waals surface area (Å²) in [6.07, 6.45) is 0.437. The lowest BCUT2D eigenvalue weighted by atomic mass is 10.2. The predicted octanol–water partition coefficient (Wildman–Crippen LogP) is 0.952. The molecule has 0 radical (unpaired) electrons. The van der Waals surface area contributed by atoms with Crippen LogP contribution in [0.15, 0.2) is 0 Å². The Labute approximate surface area is 91.7 Å². The van der Waals surface area contributed by atoms with Crippen LogP contribution in [0.2, 0.25) is 0 Å². The van der Waals surface area contributed by atoms with Crippen LogP contribution in [0.5, 0.6) is 0 Å². The van der Waals surface area contributed by atoms with Gasteiger partial charge in [-0.3, -0.25) is 5.41 Å². The van der Waals surface area contributed by atoms with Gasteiger partial charge in [0.2, 0.25) is 0 Å². The van der Waals surface area contributed by atoms with Gasteiger partial charge in [0.1, 0.15) is 0 Å². The van der Waals surface area contributed by atoms with Gasteiger partial charge in [-0.2, -0.15) is 0 Å². The number of amides is 2. The lowest BCUT2D eigenvalue weighted by molar-refractivity contribution is 0.166. The average molecular weight is 214 g/mol. The number of nitrogens with zero attached hydrogens (tertiary/aromatic N) is 2. The molecular formula is C10H22N4O. The molecule has 15 heavy (non-hydrogen) atoms. The highest BCUT2D eigenvalue weighted by molar-refractivity contribution is 5.78. The largest absolute Gasteiger partial charge is 0.388 e. The molecular weight excluding hydrogens is 192 g/mol. The van der Waals surface area contributed by atoms with Gasteiger partial charge in [-0.05, 0) is 5.92 Å². The fourth-order valence-electron chi connectivity index (χ4n) is 1.24. The second-order valence-corrected chi connectivity index (χ2v) is 4.29. The molecule has 0 aliphatic carbocycles. The van der Waals surface area contributed by atoms with Crippen LogP contribution in [0.4, 0.5) is 4.79 Å². The number of carbonyl (C=O) groups is 1. The third kappa shape index (κ3) is 5.93. The highest BCUT2D eigenvalue weighted by atomic mass is 16.2. The molecule has 0 aromatic rings. The molecule has 0 saturated carbocycles. The van der Waals surface area contributed by atoms with Gasteiger partial charge in [0, 0.05) is 33.6 Å². The number of rotatable bonds is 5. The minimum Gasteiger partial charge on any atom is -0.388 e. The summed E-state index contributed by atoms with van der Waals surface area (Å²) in [7, 11) is 3.45. The molecule has 0 heterocycles. The zero-order chi connectivity index (χ0) is 12.0. The minimum atomic E-state index is -0.0232. The van der Waals surface area contributed by atoms with Crippen LogP contribution in [0.25, 0.3) is 0 Å². The number of urea groups is 1. The first-order chi connectivity index (χ1) is 6.84. The molecule has 0 atom stereocenters. The third-order valence-corrected chi connectivity index (χ3v) is 1.89. The van der Waals surface area contributed by atoms with Gasteiger partial charge >= 0.3 is 6.03 Å². The molecule has 5 heteroatoms. The van der Waals surface area contributed by atoms with E-state index in [1.165, 1.54) is 0 Å². The molecule has 0 unspecified atom stereocenters. The van der Waals surface area contributed by atoms with Crippen molar-refractivity contribution in [3.8, 4) is 0 Å². The van der Waals surface area contributed by atoms with Crippen molar-refractivity contribution in [2.45, 2.75) is 20.3 Å². The van der Waals surface area contributed by atoms with Crippen molar-refractivity contribution in [2.24, 2.45) is 11.7 Å². The Morgan fingerprint density at radius 1 is 1.40 bits per heavy atom. The van der Waals surface area contributed by atoms with Crippen LogP contribution >= 0.6 is 0 Å². The van der Waals surface area contributed by atoms with Gasteiger partial charge in [0.25, 0.3) is 0 Å². The van der Waals surface area contributed by atoms with Crippen LogP contribution in [0.1, 0.15) is 20.3 Å². The van der Waals surface area contributed by atoms with Crippen molar-refractivity contribution in [3.63, 3.8) is 0 Å². The highest BCUT2D eigenvalue weighted by Gasteiger charge is 2.16. The van der Waals surface area contributed by atoms with Gasteiger partial charge in [-0.25, -0.2) is 4.79 Å². The summed E-state index contributed by atoms with van der Waals surface area (Å²) in [6.45, 7) is 5.34. The Kier molecular flexibility index (Phi) is 5.74. The number of nitrogens with one attached hydrogen (secondary N) is 1. The molecule has 88 valence electrons. The molecule has 3 N–H and O–H groups in total. The fraction of sp³-hybridized carbons (Fsp3) is 0.800. The standard InChI is InChI=1S/C10H22N4O/c1-8(2)7-14(6-5-9(11)12)10(15)13(3)4/h8H,5-7H2,1-4H3,(H3,11,12). The fourth-order valence-corrected chi connectivity index (χ4v) is 1.24. The Morgan fingerprint density at radius 2 is 1.93 bits per heavy atom. The number of hydrogen-bond donors (Lipinski definition) is 2. The van der Waals surface area contributed by atoms with Crippen molar-refractivity contribution < 1.29 is 4.79 Å². The van der Waals surface area contributed by atoms with Gasteiger partial charge in [0.15, 0.2) is 0 Å². The van der Waals surface area contributed by atoms with Crippen LogP contribution in [0, 0.1) is 11.3 Å². The van der Waals surface area contributed by atoms with Gasteiger partial charge < -0.3 is 15.5 Å². The summed E-state index contributed by atoms with van der Waals surface area (Å²) in [5.74, 6) is 0.538. The molecule has 0 saturated heterocycles. The number of carbonyl (C=O) groups excluding carboxylic acids is 1. The summed E-state index contributed by atoms with van der Waals surface area (Å²) in [6, 6.07) is -0.0232. The van der Waals surface area contributed by atoms with E-state index in [2.05, 4.69) is 13.8 Å². The lowest BCUT2D eigenvalue weighted by Gasteiger charge is -2.27. The third-order valence-electron chi connectivity index (χ3n) is 1.89. The maximum absolute atomic E-state index is 11.7. The average Bonchev–Trinajstić information content (AvgIpc) is 2.10. The van der Waals surface area contributed by atoms with E-state index in [1.807, 2.05) is 0 Å². The normalized spacial score (nSPS) is 10.2. The first-order valence-corrected chi connectivity index (χ1v) is 5.13. The molecule has 0 fully saturated rings. The Morgan fingerprint density at radius 3 is 2.27 bits per heavy atom. The maximum atomic E-state index is 11.7. The van der Waals surface area contributed by atoms with E-state index in [1.54, 1.807) is 23.9 Å². The summed E-state index contributed by atoms with van der Waals surface area (Å²) < 4.78 is 0. The molecule has 0 aliphatic heterocycles. The monoisotopic (exact) mass is 214 g/mol. The summed E-state index contributed by atoms with van der Waals surface area (Å²) in [4.78, 5) is 15.0. The lowest BCUT2D eigenvalue weighted by Crippen LogP contribution is -2.42. The minimum absolute atomic E-state index is 0.0232. The first-order valence-electron chi connectivity index (χ1n) is 5.13. The topological polar surface area (TPSA) is 73.4 Å². The summed E-state index contributed by atoms with van der Waals surface area (Å²) in [5, 5.41) is 7.14. The molecule has 0 aliphatic rings. The van der Waals surface area contributed by atoms with Crippen molar-refractivity contribution >= 4 is 11.9 Å². The number of nitrogens with two attached hydrogens (primary N) is 1. The van der Waals surface area contributed by atoms with E-state index in [-0.39, 0.29) is 11.9 Å². The molecule has 0 bridgehead atoms. The van der Waals surface area contributed by atoms with Gasteiger partial charge in [0.05, 0.1) is 5.84 Å². The number of hydrogen-bond acceptors (Lipinski definition) is 2. The highest BCUT2D eigenvalue weighted by Crippen LogP contribution is 2.03. The Balaban J connectivity index is 4.30. The van der Waals surface area contributed by atoms with E-state index >= 15 is 0 Å². The first kappa shape index (κ1) is 13.7. The zero-order valence-corrected chi connectivity index (χ0v) is 10.1. The summed E-state index contributed by atoms with van der Waals surface area (Å²) in [5.41, 5.74) is 5.28. The Bertz CT molecular complexity index is 225. The number of amidine groups is 1. The van der Waals surface area contributed by atoms with Gasteiger partial charge in [-0.15, -0.1) is 0 Å². The van der Waals surface area contributed by atoms with Gasteiger partial charge in [-0.1, -0.05) is 13.8 Å².